The third kappa shape index (κ3) is 5.68. The highest BCUT2D eigenvalue weighted by molar-refractivity contribution is 5.87. The smallest absolute Gasteiger partial charge is 0.314 e. The van der Waals surface area contributed by atoms with Crippen molar-refractivity contribution in [3.05, 3.63) is 35.9 Å². The van der Waals surface area contributed by atoms with E-state index in [1.165, 1.54) is 19.0 Å². The van der Waals surface area contributed by atoms with Gasteiger partial charge in [-0.1, -0.05) is 50.6 Å². The van der Waals surface area contributed by atoms with E-state index in [0.29, 0.717) is 0 Å². The summed E-state index contributed by atoms with van der Waals surface area (Å²) in [4.78, 5) is 36.9. The number of hydrogen-bond donors (Lipinski definition) is 1. The van der Waals surface area contributed by atoms with Crippen LogP contribution in [0.15, 0.2) is 30.3 Å². The predicted molar refractivity (Wildman–Crippen MR) is 91.3 cm³/mol. The minimum absolute atomic E-state index is 0.0691. The zero-order chi connectivity index (χ0) is 18.1. The summed E-state index contributed by atoms with van der Waals surface area (Å²) in [5, 5.41) is 2.44. The van der Waals surface area contributed by atoms with E-state index in [-0.39, 0.29) is 25.0 Å². The normalized spacial score (nSPS) is 12.8. The minimum Gasteiger partial charge on any atom is -0.455 e. The first kappa shape index (κ1) is 19.7. The number of nitrogens with one attached hydrogen (secondary N) is 1. The monoisotopic (exact) mass is 334 g/mol. The van der Waals surface area contributed by atoms with Crippen LogP contribution in [-0.4, -0.2) is 49.9 Å². The summed E-state index contributed by atoms with van der Waals surface area (Å²) in [5.74, 6) is -1.43. The number of carbonyl (C=O) groups is 3. The molecule has 2 amide bonds. The summed E-state index contributed by atoms with van der Waals surface area (Å²) in [6.45, 7) is 3.56. The van der Waals surface area contributed by atoms with Gasteiger partial charge < -0.3 is 15.0 Å². The Labute approximate surface area is 143 Å². The van der Waals surface area contributed by atoms with Gasteiger partial charge in [-0.05, 0) is 11.5 Å². The molecule has 1 N–H and O–H groups in total. The van der Waals surface area contributed by atoms with Gasteiger partial charge in [-0.25, -0.2) is 0 Å². The molecule has 0 aliphatic carbocycles. The first-order valence-electron chi connectivity index (χ1n) is 8.06. The topological polar surface area (TPSA) is 75.7 Å². The van der Waals surface area contributed by atoms with Crippen LogP contribution in [0.4, 0.5) is 0 Å². The number of likely N-dealkylation sites (N-methyl/N-ethyl adjacent to an activating group) is 2. The van der Waals surface area contributed by atoms with E-state index in [9.17, 15) is 14.4 Å². The van der Waals surface area contributed by atoms with E-state index in [1.54, 1.807) is 0 Å². The fraction of sp³-hybridized carbons (Fsp3) is 0.500. The van der Waals surface area contributed by atoms with E-state index >= 15 is 0 Å². The molecule has 0 unspecified atom stereocenters. The maximum atomic E-state index is 12.5. The molecule has 0 saturated heterocycles. The van der Waals surface area contributed by atoms with E-state index < -0.39 is 17.8 Å². The van der Waals surface area contributed by atoms with E-state index in [0.717, 1.165) is 12.0 Å². The lowest BCUT2D eigenvalue weighted by atomic mass is 9.86. The molecule has 0 aliphatic rings. The van der Waals surface area contributed by atoms with Gasteiger partial charge in [0.05, 0.1) is 12.5 Å². The Morgan fingerprint density at radius 3 is 2.38 bits per heavy atom. The number of benzene rings is 1. The van der Waals surface area contributed by atoms with Crippen molar-refractivity contribution in [2.45, 2.75) is 26.2 Å². The average Bonchev–Trinajstić information content (AvgIpc) is 2.60. The molecule has 0 aliphatic heterocycles. The molecule has 2 atom stereocenters. The molecule has 0 fully saturated rings. The fourth-order valence-corrected chi connectivity index (χ4v) is 2.31. The predicted octanol–water partition coefficient (Wildman–Crippen LogP) is 1.56. The van der Waals surface area contributed by atoms with Crippen LogP contribution in [0, 0.1) is 5.92 Å². The molecule has 0 heterocycles. The third-order valence-electron chi connectivity index (χ3n) is 4.05. The summed E-state index contributed by atoms with van der Waals surface area (Å²) in [5.41, 5.74) is 0.878. The van der Waals surface area contributed by atoms with Gasteiger partial charge >= 0.3 is 5.97 Å². The van der Waals surface area contributed by atoms with Gasteiger partial charge in [0, 0.05) is 14.1 Å². The van der Waals surface area contributed by atoms with Crippen LogP contribution in [0.2, 0.25) is 0 Å². The molecule has 6 nitrogen and oxygen atoms in total. The quantitative estimate of drug-likeness (QED) is 0.732. The van der Waals surface area contributed by atoms with Crippen molar-refractivity contribution in [1.82, 2.24) is 10.2 Å². The second kappa shape index (κ2) is 9.70. The molecule has 24 heavy (non-hydrogen) atoms. The molecule has 1 rings (SSSR count). The van der Waals surface area contributed by atoms with Crippen LogP contribution < -0.4 is 5.32 Å². The molecule has 0 radical (unpaired) electrons. The first-order valence-corrected chi connectivity index (χ1v) is 8.06. The molecule has 0 saturated carbocycles. The number of carbonyl (C=O) groups excluding carboxylic acids is 3. The van der Waals surface area contributed by atoms with Crippen molar-refractivity contribution in [2.24, 2.45) is 5.92 Å². The van der Waals surface area contributed by atoms with Gasteiger partial charge in [-0.15, -0.1) is 0 Å². The van der Waals surface area contributed by atoms with Gasteiger partial charge in [0.1, 0.15) is 0 Å². The highest BCUT2D eigenvalue weighted by atomic mass is 16.5. The molecule has 1 aromatic carbocycles. The van der Waals surface area contributed by atoms with E-state index in [2.05, 4.69) is 5.32 Å². The average molecular weight is 334 g/mol. The lowest BCUT2D eigenvalue weighted by molar-refractivity contribution is -0.154. The van der Waals surface area contributed by atoms with Crippen LogP contribution in [0.5, 0.6) is 0 Å². The lowest BCUT2D eigenvalue weighted by Gasteiger charge is -2.22. The van der Waals surface area contributed by atoms with Crippen LogP contribution in [0.1, 0.15) is 31.7 Å². The molecule has 1 aromatic rings. The van der Waals surface area contributed by atoms with Gasteiger partial charge in [0.15, 0.2) is 6.61 Å². The zero-order valence-corrected chi connectivity index (χ0v) is 14.7. The number of esters is 1. The third-order valence-corrected chi connectivity index (χ3v) is 4.05. The van der Waals surface area contributed by atoms with E-state index in [4.69, 9.17) is 4.74 Å². The van der Waals surface area contributed by atoms with Gasteiger partial charge in [0.2, 0.25) is 5.91 Å². The number of ether oxygens (including phenoxy) is 1. The summed E-state index contributed by atoms with van der Waals surface area (Å²) < 4.78 is 5.22. The van der Waals surface area contributed by atoms with Crippen molar-refractivity contribution < 1.29 is 19.1 Å². The highest BCUT2D eigenvalue weighted by Gasteiger charge is 2.28. The summed E-state index contributed by atoms with van der Waals surface area (Å²) in [7, 11) is 2.99. The number of rotatable bonds is 8. The maximum absolute atomic E-state index is 12.5. The molecule has 6 heteroatoms. The van der Waals surface area contributed by atoms with Crippen LogP contribution in [0.25, 0.3) is 0 Å². The lowest BCUT2D eigenvalue weighted by Crippen LogP contribution is -2.39. The van der Waals surface area contributed by atoms with Crippen molar-refractivity contribution in [3.63, 3.8) is 0 Å². The number of hydrogen-bond acceptors (Lipinski definition) is 4. The Morgan fingerprint density at radius 1 is 1.21 bits per heavy atom. The Hall–Kier alpha value is -2.37. The summed E-state index contributed by atoms with van der Waals surface area (Å²) in [6, 6.07) is 9.41. The molecule has 0 spiro atoms. The van der Waals surface area contributed by atoms with Crippen LogP contribution in [-0.2, 0) is 19.1 Å². The van der Waals surface area contributed by atoms with Crippen LogP contribution >= 0.6 is 0 Å². The molecule has 0 aromatic heterocycles. The Morgan fingerprint density at radius 2 is 1.83 bits per heavy atom. The SMILES string of the molecule is CC[C@H](C)[C@H](C(=O)OCC(=O)N(C)CC(=O)NC)c1ccccc1. The summed E-state index contributed by atoms with van der Waals surface area (Å²) >= 11 is 0. The maximum Gasteiger partial charge on any atom is 0.314 e. The Balaban J connectivity index is 2.69. The zero-order valence-electron chi connectivity index (χ0n) is 14.7. The highest BCUT2D eigenvalue weighted by Crippen LogP contribution is 2.28. The number of amides is 2. The van der Waals surface area contributed by atoms with Gasteiger partial charge in [-0.2, -0.15) is 0 Å². The standard InChI is InChI=1S/C18H26N2O4/c1-5-13(2)17(14-9-7-6-8-10-14)18(23)24-12-16(22)20(4)11-15(21)19-3/h6-10,13,17H,5,11-12H2,1-4H3,(H,19,21)/t13-,17-/m0/s1. The second-order valence-corrected chi connectivity index (χ2v) is 5.80. The Kier molecular flexibility index (Phi) is 7.95. The minimum atomic E-state index is -0.419. The molecule has 0 bridgehead atoms. The van der Waals surface area contributed by atoms with Crippen molar-refractivity contribution in [1.29, 1.82) is 0 Å². The molecule has 132 valence electrons. The summed E-state index contributed by atoms with van der Waals surface area (Å²) in [6.07, 6.45) is 0.819. The van der Waals surface area contributed by atoms with Gasteiger partial charge in [0.25, 0.3) is 5.91 Å². The Bertz CT molecular complexity index is 559. The first-order chi connectivity index (χ1) is 11.4. The van der Waals surface area contributed by atoms with Crippen LogP contribution in [0.3, 0.4) is 0 Å². The van der Waals surface area contributed by atoms with Gasteiger partial charge in [-0.3, -0.25) is 14.4 Å². The van der Waals surface area contributed by atoms with Crippen molar-refractivity contribution >= 4 is 17.8 Å². The largest absolute Gasteiger partial charge is 0.455 e. The molecular formula is C18H26N2O4. The van der Waals surface area contributed by atoms with Crippen molar-refractivity contribution in [3.8, 4) is 0 Å². The second-order valence-electron chi connectivity index (χ2n) is 5.80. The molecular weight excluding hydrogens is 308 g/mol. The van der Waals surface area contributed by atoms with Crippen molar-refractivity contribution in [2.75, 3.05) is 27.2 Å². The van der Waals surface area contributed by atoms with E-state index in [1.807, 2.05) is 44.2 Å². The number of nitrogens with zero attached hydrogens (tertiary/aromatic N) is 1. The fourth-order valence-electron chi connectivity index (χ4n) is 2.31.